The first-order chi connectivity index (χ1) is 8.28. The van der Waals surface area contributed by atoms with Gasteiger partial charge in [-0.15, -0.1) is 0 Å². The van der Waals surface area contributed by atoms with E-state index in [-0.39, 0.29) is 17.8 Å². The van der Waals surface area contributed by atoms with Crippen LogP contribution in [0.1, 0.15) is 25.5 Å². The molecular weight excluding hydrogens is 252 g/mol. The van der Waals surface area contributed by atoms with Crippen molar-refractivity contribution in [3.05, 3.63) is 29.8 Å². The molecular formula is C12H20N2O3S. The zero-order chi connectivity index (χ0) is 13.8. The van der Waals surface area contributed by atoms with Crippen LogP contribution < -0.4 is 10.0 Å². The number of hydrogen-bond donors (Lipinski definition) is 3. The lowest BCUT2D eigenvalue weighted by molar-refractivity contribution is 0.473. The lowest BCUT2D eigenvalue weighted by Crippen LogP contribution is -2.37. The van der Waals surface area contributed by atoms with Gasteiger partial charge in [-0.2, -0.15) is 0 Å². The molecule has 0 aliphatic rings. The van der Waals surface area contributed by atoms with Crippen LogP contribution in [0, 0.1) is 0 Å². The van der Waals surface area contributed by atoms with E-state index in [9.17, 15) is 13.5 Å². The maximum atomic E-state index is 11.3. The van der Waals surface area contributed by atoms with Crippen molar-refractivity contribution in [3.63, 3.8) is 0 Å². The molecule has 0 saturated heterocycles. The quantitative estimate of drug-likeness (QED) is 0.721. The Morgan fingerprint density at radius 2 is 1.78 bits per heavy atom. The Labute approximate surface area is 108 Å². The second kappa shape index (κ2) is 6.17. The van der Waals surface area contributed by atoms with Crippen molar-refractivity contribution in [1.82, 2.24) is 10.0 Å². The number of hydrogen-bond acceptors (Lipinski definition) is 4. The van der Waals surface area contributed by atoms with Crippen LogP contribution in [0.3, 0.4) is 0 Å². The number of benzene rings is 1. The maximum absolute atomic E-state index is 11.3. The fourth-order valence-electron chi connectivity index (χ4n) is 1.55. The van der Waals surface area contributed by atoms with Gasteiger partial charge in [-0.05, 0) is 17.7 Å². The number of aromatic hydroxyl groups is 1. The summed E-state index contributed by atoms with van der Waals surface area (Å²) in [5.41, 5.74) is 0.811. The molecule has 1 rings (SSSR count). The molecule has 1 unspecified atom stereocenters. The monoisotopic (exact) mass is 272 g/mol. The molecule has 3 N–H and O–H groups in total. The van der Waals surface area contributed by atoms with Crippen molar-refractivity contribution >= 4 is 10.0 Å². The molecule has 6 heteroatoms. The zero-order valence-corrected chi connectivity index (χ0v) is 11.7. The first kappa shape index (κ1) is 14.9. The summed E-state index contributed by atoms with van der Waals surface area (Å²) in [7, 11) is -3.28. The molecule has 0 heterocycles. The smallest absolute Gasteiger partial charge is 0.209 e. The van der Waals surface area contributed by atoms with Gasteiger partial charge in [-0.25, -0.2) is 13.1 Å². The van der Waals surface area contributed by atoms with Crippen LogP contribution >= 0.6 is 0 Å². The lowest BCUT2D eigenvalue weighted by Gasteiger charge is -2.20. The largest absolute Gasteiger partial charge is 0.508 e. The van der Waals surface area contributed by atoms with Gasteiger partial charge in [0.05, 0.1) is 12.3 Å². The molecule has 0 amide bonds. The van der Waals surface area contributed by atoms with E-state index in [1.807, 2.05) is 13.8 Å². The summed E-state index contributed by atoms with van der Waals surface area (Å²) in [5, 5.41) is 12.4. The Morgan fingerprint density at radius 1 is 1.22 bits per heavy atom. The van der Waals surface area contributed by atoms with Gasteiger partial charge < -0.3 is 10.4 Å². The number of phenols is 1. The molecule has 0 aromatic heterocycles. The van der Waals surface area contributed by atoms with E-state index >= 15 is 0 Å². The van der Waals surface area contributed by atoms with E-state index in [2.05, 4.69) is 10.0 Å². The molecule has 5 nitrogen and oxygen atoms in total. The summed E-state index contributed by atoms with van der Waals surface area (Å²) in [6, 6.07) is 6.43. The molecule has 1 aromatic carbocycles. The van der Waals surface area contributed by atoms with Crippen LogP contribution in [-0.4, -0.2) is 32.4 Å². The Kier molecular flexibility index (Phi) is 5.13. The molecule has 1 aromatic rings. The van der Waals surface area contributed by atoms with E-state index in [0.717, 1.165) is 11.8 Å². The summed E-state index contributed by atoms with van der Waals surface area (Å²) in [6.45, 7) is 4.48. The van der Waals surface area contributed by atoms with Gasteiger partial charge in [-0.3, -0.25) is 0 Å². The summed E-state index contributed by atoms with van der Waals surface area (Å²) >= 11 is 0. The van der Waals surface area contributed by atoms with Gasteiger partial charge in [0, 0.05) is 12.6 Å². The van der Waals surface area contributed by atoms with Crippen LogP contribution in [0.15, 0.2) is 24.3 Å². The van der Waals surface area contributed by atoms with Crippen molar-refractivity contribution in [1.29, 1.82) is 0 Å². The topological polar surface area (TPSA) is 78.4 Å². The molecule has 0 spiro atoms. The Hall–Kier alpha value is -1.11. The van der Waals surface area contributed by atoms with Gasteiger partial charge in [0.15, 0.2) is 0 Å². The Morgan fingerprint density at radius 3 is 2.22 bits per heavy atom. The summed E-state index contributed by atoms with van der Waals surface area (Å²) in [5.74, 6) is 0.161. The fourth-order valence-corrected chi connectivity index (χ4v) is 2.28. The Bertz CT molecular complexity index is 469. The fraction of sp³-hybridized carbons (Fsp3) is 0.500. The highest BCUT2D eigenvalue weighted by Gasteiger charge is 2.16. The Balaban J connectivity index is 2.85. The third kappa shape index (κ3) is 5.48. The van der Waals surface area contributed by atoms with E-state index in [0.29, 0.717) is 6.54 Å². The number of sulfonamides is 1. The highest BCUT2D eigenvalue weighted by molar-refractivity contribution is 7.88. The van der Waals surface area contributed by atoms with Crippen LogP contribution in [0.5, 0.6) is 5.75 Å². The maximum Gasteiger partial charge on any atom is 0.209 e. The van der Waals surface area contributed by atoms with E-state index < -0.39 is 10.0 Å². The first-order valence-corrected chi connectivity index (χ1v) is 7.66. The average Bonchev–Trinajstić information content (AvgIpc) is 2.23. The van der Waals surface area contributed by atoms with Crippen molar-refractivity contribution < 1.29 is 13.5 Å². The van der Waals surface area contributed by atoms with Gasteiger partial charge in [0.1, 0.15) is 5.75 Å². The van der Waals surface area contributed by atoms with Crippen LogP contribution in [0.2, 0.25) is 0 Å². The van der Waals surface area contributed by atoms with Crippen LogP contribution in [-0.2, 0) is 10.0 Å². The summed E-state index contributed by atoms with van der Waals surface area (Å²) in [6.07, 6.45) is 1.13. The highest BCUT2D eigenvalue weighted by Crippen LogP contribution is 2.17. The summed E-state index contributed by atoms with van der Waals surface area (Å²) in [4.78, 5) is 0. The lowest BCUT2D eigenvalue weighted by atomic mass is 10.1. The van der Waals surface area contributed by atoms with Gasteiger partial charge in [0.2, 0.25) is 10.0 Å². The van der Waals surface area contributed by atoms with E-state index in [4.69, 9.17) is 0 Å². The normalized spacial score (nSPS) is 13.8. The minimum Gasteiger partial charge on any atom is -0.508 e. The predicted molar refractivity (Wildman–Crippen MR) is 72.0 cm³/mol. The predicted octanol–water partition coefficient (Wildman–Crippen LogP) is 0.980. The molecule has 0 radical (unpaired) electrons. The second-order valence-electron chi connectivity index (χ2n) is 4.60. The molecule has 102 valence electrons. The van der Waals surface area contributed by atoms with E-state index in [1.54, 1.807) is 24.3 Å². The zero-order valence-electron chi connectivity index (χ0n) is 10.8. The van der Waals surface area contributed by atoms with Crippen molar-refractivity contribution in [3.8, 4) is 5.75 Å². The van der Waals surface area contributed by atoms with Crippen LogP contribution in [0.4, 0.5) is 0 Å². The number of phenolic OH excluding ortho intramolecular Hbond substituents is 1. The third-order valence-corrected chi connectivity index (χ3v) is 3.09. The van der Waals surface area contributed by atoms with Crippen molar-refractivity contribution in [2.24, 2.45) is 0 Å². The molecule has 0 fully saturated rings. The summed E-state index contributed by atoms with van der Waals surface area (Å²) < 4.78 is 25.3. The standard InChI is InChI=1S/C12H20N2O3S/c1-9(2)13-8-12(14-18(3,16)17)10-4-6-11(15)7-5-10/h4-7,9,12-15H,8H2,1-3H3. The minimum atomic E-state index is -3.28. The highest BCUT2D eigenvalue weighted by atomic mass is 32.2. The van der Waals surface area contributed by atoms with Crippen molar-refractivity contribution in [2.45, 2.75) is 25.9 Å². The first-order valence-electron chi connectivity index (χ1n) is 5.77. The molecule has 0 aliphatic heterocycles. The number of nitrogens with one attached hydrogen (secondary N) is 2. The minimum absolute atomic E-state index is 0.161. The molecule has 0 bridgehead atoms. The molecule has 1 atom stereocenters. The van der Waals surface area contributed by atoms with Gasteiger partial charge in [0.25, 0.3) is 0 Å². The molecule has 0 aliphatic carbocycles. The van der Waals surface area contributed by atoms with Crippen LogP contribution in [0.25, 0.3) is 0 Å². The average molecular weight is 272 g/mol. The van der Waals surface area contributed by atoms with E-state index in [1.165, 1.54) is 0 Å². The van der Waals surface area contributed by atoms with Gasteiger partial charge >= 0.3 is 0 Å². The van der Waals surface area contributed by atoms with Gasteiger partial charge in [-0.1, -0.05) is 26.0 Å². The third-order valence-electron chi connectivity index (χ3n) is 2.38. The molecule has 18 heavy (non-hydrogen) atoms. The second-order valence-corrected chi connectivity index (χ2v) is 6.38. The SMILES string of the molecule is CC(C)NCC(NS(C)(=O)=O)c1ccc(O)cc1. The molecule has 0 saturated carbocycles. The van der Waals surface area contributed by atoms with Crippen molar-refractivity contribution in [2.75, 3.05) is 12.8 Å². The number of rotatable bonds is 6.